The second-order valence-corrected chi connectivity index (χ2v) is 9.95. The van der Waals surface area contributed by atoms with Crippen molar-refractivity contribution >= 4 is 22.5 Å². The molecule has 0 fully saturated rings. The van der Waals surface area contributed by atoms with Crippen molar-refractivity contribution in [3.05, 3.63) is 112 Å². The van der Waals surface area contributed by atoms with Crippen molar-refractivity contribution in [3.8, 4) is 11.4 Å². The summed E-state index contributed by atoms with van der Waals surface area (Å²) in [5, 5.41) is 7.39. The van der Waals surface area contributed by atoms with Crippen LogP contribution in [-0.4, -0.2) is 31.5 Å². The van der Waals surface area contributed by atoms with Gasteiger partial charge in [-0.1, -0.05) is 60.7 Å². The summed E-state index contributed by atoms with van der Waals surface area (Å²) in [6.45, 7) is 0.197. The molecule has 1 aliphatic heterocycles. The van der Waals surface area contributed by atoms with Crippen molar-refractivity contribution < 1.29 is 4.79 Å². The number of nitrogens with zero attached hydrogens (tertiary/aromatic N) is 3. The van der Waals surface area contributed by atoms with Crippen LogP contribution in [0.15, 0.2) is 90.0 Å². The van der Waals surface area contributed by atoms with E-state index in [1.807, 2.05) is 60.7 Å². The topological polar surface area (TPSA) is 105 Å². The highest BCUT2D eigenvalue weighted by Crippen LogP contribution is 2.26. The molecule has 8 nitrogen and oxygen atoms in total. The van der Waals surface area contributed by atoms with E-state index < -0.39 is 0 Å². The third-order valence-electron chi connectivity index (χ3n) is 7.23. The van der Waals surface area contributed by atoms with E-state index in [9.17, 15) is 9.59 Å². The molecule has 0 saturated heterocycles. The van der Waals surface area contributed by atoms with Crippen LogP contribution in [0.3, 0.4) is 0 Å². The number of H-pyrrole nitrogens is 1. The van der Waals surface area contributed by atoms with Gasteiger partial charge in [0, 0.05) is 40.6 Å². The molecule has 0 aliphatic carbocycles. The van der Waals surface area contributed by atoms with E-state index in [2.05, 4.69) is 32.7 Å². The maximum atomic E-state index is 13.8. The number of nitrogens with one attached hydrogen (secondary N) is 3. The minimum atomic E-state index is -0.260. The summed E-state index contributed by atoms with van der Waals surface area (Å²) in [5.74, 6) is 0.250. The molecule has 3 N–H and O–H groups in total. The van der Waals surface area contributed by atoms with Crippen molar-refractivity contribution in [2.75, 3.05) is 5.32 Å². The average molecular weight is 519 g/mol. The Kier molecular flexibility index (Phi) is 6.91. The summed E-state index contributed by atoms with van der Waals surface area (Å²) in [6, 6.07) is 24.0. The minimum Gasteiger partial charge on any atom is -0.376 e. The zero-order valence-corrected chi connectivity index (χ0v) is 21.6. The molecular formula is C31H30N6O2. The number of aryl methyl sites for hydroxylation is 2. The van der Waals surface area contributed by atoms with Crippen LogP contribution in [0.2, 0.25) is 0 Å². The number of benzene rings is 2. The standard InChI is InChI=1S/C31H30N6O2/c38-28(33-19-25-17-23-18-32-16-15-26(23)34-25)20-37-30(22-9-5-2-6-10-22)36-27-14-13-24(35-29(27)31(37)39)12-11-21-7-3-1-4-8-21/h1-10,15-18,24,34-35H,11-14,19-20H2,(H,33,38)/t24-/m0/s1. The molecule has 3 aromatic heterocycles. The van der Waals surface area contributed by atoms with Gasteiger partial charge in [0.15, 0.2) is 0 Å². The van der Waals surface area contributed by atoms with E-state index in [1.165, 1.54) is 10.1 Å². The molecule has 0 spiro atoms. The molecule has 5 aromatic rings. The van der Waals surface area contributed by atoms with Gasteiger partial charge in [0.1, 0.15) is 18.1 Å². The van der Waals surface area contributed by atoms with Gasteiger partial charge in [-0.3, -0.25) is 19.1 Å². The van der Waals surface area contributed by atoms with Crippen LogP contribution in [-0.2, 0) is 30.7 Å². The molecule has 196 valence electrons. The number of fused-ring (bicyclic) bond motifs is 2. The number of hydrogen-bond acceptors (Lipinski definition) is 5. The van der Waals surface area contributed by atoms with Gasteiger partial charge in [-0.05, 0) is 43.4 Å². The highest BCUT2D eigenvalue weighted by Gasteiger charge is 2.25. The highest BCUT2D eigenvalue weighted by molar-refractivity contribution is 5.80. The second kappa shape index (κ2) is 10.9. The summed E-state index contributed by atoms with van der Waals surface area (Å²) in [7, 11) is 0. The van der Waals surface area contributed by atoms with Crippen LogP contribution in [0.4, 0.5) is 5.69 Å². The van der Waals surface area contributed by atoms with E-state index in [0.29, 0.717) is 18.1 Å². The van der Waals surface area contributed by atoms with Gasteiger partial charge in [-0.2, -0.15) is 0 Å². The molecule has 39 heavy (non-hydrogen) atoms. The average Bonchev–Trinajstić information content (AvgIpc) is 3.41. The van der Waals surface area contributed by atoms with Crippen molar-refractivity contribution in [1.29, 1.82) is 0 Å². The zero-order chi connectivity index (χ0) is 26.6. The summed E-state index contributed by atoms with van der Waals surface area (Å²) >= 11 is 0. The lowest BCUT2D eigenvalue weighted by Crippen LogP contribution is -2.38. The van der Waals surface area contributed by atoms with Gasteiger partial charge in [0.2, 0.25) is 5.91 Å². The first-order chi connectivity index (χ1) is 19.1. The summed E-state index contributed by atoms with van der Waals surface area (Å²) < 4.78 is 1.49. The first-order valence-corrected chi connectivity index (χ1v) is 13.3. The van der Waals surface area contributed by atoms with Crippen molar-refractivity contribution in [1.82, 2.24) is 24.8 Å². The van der Waals surface area contributed by atoms with Gasteiger partial charge < -0.3 is 15.6 Å². The van der Waals surface area contributed by atoms with Crippen LogP contribution >= 0.6 is 0 Å². The molecule has 6 rings (SSSR count). The van der Waals surface area contributed by atoms with Gasteiger partial charge in [-0.25, -0.2) is 4.98 Å². The zero-order valence-electron chi connectivity index (χ0n) is 21.6. The van der Waals surface area contributed by atoms with Crippen LogP contribution in [0.5, 0.6) is 0 Å². The molecular weight excluding hydrogens is 488 g/mol. The fourth-order valence-corrected chi connectivity index (χ4v) is 5.19. The van der Waals surface area contributed by atoms with Crippen LogP contribution in [0.1, 0.15) is 29.8 Å². The molecule has 1 atom stereocenters. The van der Waals surface area contributed by atoms with Gasteiger partial charge in [0.05, 0.1) is 12.2 Å². The van der Waals surface area contributed by atoms with E-state index in [4.69, 9.17) is 4.98 Å². The monoisotopic (exact) mass is 518 g/mol. The first kappa shape index (κ1) is 24.6. The maximum Gasteiger partial charge on any atom is 0.277 e. The predicted octanol–water partition coefficient (Wildman–Crippen LogP) is 4.46. The van der Waals surface area contributed by atoms with Crippen molar-refractivity contribution in [3.63, 3.8) is 0 Å². The number of aromatic amines is 1. The molecule has 0 saturated carbocycles. The quantitative estimate of drug-likeness (QED) is 0.281. The predicted molar refractivity (Wildman–Crippen MR) is 152 cm³/mol. The number of amides is 1. The smallest absolute Gasteiger partial charge is 0.277 e. The molecule has 4 heterocycles. The largest absolute Gasteiger partial charge is 0.376 e. The van der Waals surface area contributed by atoms with Crippen molar-refractivity contribution in [2.24, 2.45) is 0 Å². The van der Waals surface area contributed by atoms with E-state index in [-0.39, 0.29) is 24.1 Å². The fourth-order valence-electron chi connectivity index (χ4n) is 5.19. The first-order valence-electron chi connectivity index (χ1n) is 13.3. The van der Waals surface area contributed by atoms with Gasteiger partial charge in [-0.15, -0.1) is 0 Å². The Bertz CT molecular complexity index is 1630. The van der Waals surface area contributed by atoms with Crippen LogP contribution in [0.25, 0.3) is 22.3 Å². The normalized spacial score (nSPS) is 14.5. The molecule has 1 aliphatic rings. The number of pyridine rings is 1. The lowest BCUT2D eigenvalue weighted by atomic mass is 9.97. The maximum absolute atomic E-state index is 13.8. The van der Waals surface area contributed by atoms with Crippen molar-refractivity contribution in [2.45, 2.75) is 44.8 Å². The van der Waals surface area contributed by atoms with E-state index in [1.54, 1.807) is 12.4 Å². The third kappa shape index (κ3) is 5.45. The van der Waals surface area contributed by atoms with Gasteiger partial charge in [0.25, 0.3) is 5.56 Å². The van der Waals surface area contributed by atoms with Crippen LogP contribution in [0, 0.1) is 0 Å². The molecule has 0 bridgehead atoms. The lowest BCUT2D eigenvalue weighted by Gasteiger charge is -2.27. The van der Waals surface area contributed by atoms with Gasteiger partial charge >= 0.3 is 0 Å². The second-order valence-electron chi connectivity index (χ2n) is 9.95. The van der Waals surface area contributed by atoms with Crippen LogP contribution < -0.4 is 16.2 Å². The number of carbonyl (C=O) groups is 1. The number of aromatic nitrogens is 4. The summed E-state index contributed by atoms with van der Waals surface area (Å²) in [6.07, 6.45) is 6.99. The Morgan fingerprint density at radius 1 is 1.05 bits per heavy atom. The number of anilines is 1. The number of hydrogen-bond donors (Lipinski definition) is 3. The summed E-state index contributed by atoms with van der Waals surface area (Å²) in [4.78, 5) is 39.2. The number of rotatable bonds is 8. The highest BCUT2D eigenvalue weighted by atomic mass is 16.2. The number of carbonyl (C=O) groups excluding carboxylic acids is 1. The Morgan fingerprint density at radius 2 is 1.85 bits per heavy atom. The Labute approximate surface area is 226 Å². The Hall–Kier alpha value is -4.72. The molecule has 8 heteroatoms. The van der Waals surface area contributed by atoms with E-state index >= 15 is 0 Å². The molecule has 0 unspecified atom stereocenters. The fraction of sp³-hybridized carbons (Fsp3) is 0.226. The molecule has 0 radical (unpaired) electrons. The van der Waals surface area contributed by atoms with E-state index in [0.717, 1.165) is 53.5 Å². The Balaban J connectivity index is 1.23. The minimum absolute atomic E-state index is 0.124. The Morgan fingerprint density at radius 3 is 2.64 bits per heavy atom. The molecule has 1 amide bonds. The SMILES string of the molecule is O=C(Cn1c(-c2ccccc2)nc2c(c1=O)N[C@@H](CCc1ccccc1)CC2)NCc1cc2cnccc2[nH]1. The third-order valence-corrected chi connectivity index (χ3v) is 7.23. The lowest BCUT2D eigenvalue weighted by molar-refractivity contribution is -0.121. The molecule has 2 aromatic carbocycles. The summed E-state index contributed by atoms with van der Waals surface area (Å²) in [5.41, 5.74) is 4.97.